The monoisotopic (exact) mass is 646 g/mol. The Balaban J connectivity index is 1.47. The van der Waals surface area contributed by atoms with E-state index in [0.717, 1.165) is 46.4 Å². The van der Waals surface area contributed by atoms with E-state index in [0.29, 0.717) is 36.8 Å². The number of morpholine rings is 1. The summed E-state index contributed by atoms with van der Waals surface area (Å²) in [6.07, 6.45) is 1.49. The lowest BCUT2D eigenvalue weighted by Crippen LogP contribution is -2.40. The zero-order valence-corrected chi connectivity index (χ0v) is 26.1. The highest BCUT2D eigenvalue weighted by Gasteiger charge is 2.32. The van der Waals surface area contributed by atoms with Crippen LogP contribution in [-0.2, 0) is 21.3 Å². The summed E-state index contributed by atoms with van der Waals surface area (Å²) in [5.41, 5.74) is 1.82. The third-order valence-corrected chi connectivity index (χ3v) is 10.1. The average Bonchev–Trinajstić information content (AvgIpc) is 3.56. The Morgan fingerprint density at radius 1 is 1.12 bits per heavy atom. The van der Waals surface area contributed by atoms with Gasteiger partial charge in [-0.25, -0.2) is 22.1 Å². The molecule has 1 aliphatic rings. The minimum Gasteiger partial charge on any atom is -0.497 e. The SMILES string of the molecule is COc1ccc(CN(c2nccs2)S(=O)(=O)c2cc(Cl)c(N[C@H](CN3CCOCC3)c3ccccc3)cc2F)c(OC)c1. The number of methoxy groups -OCH3 is 2. The maximum absolute atomic E-state index is 15.8. The molecule has 1 aromatic heterocycles. The molecule has 0 amide bonds. The third kappa shape index (κ3) is 7.22. The van der Waals surface area contributed by atoms with Crippen LogP contribution in [0.25, 0.3) is 0 Å². The molecule has 0 unspecified atom stereocenters. The lowest BCUT2D eigenvalue weighted by atomic mass is 10.1. The van der Waals surface area contributed by atoms with Gasteiger partial charge in [-0.15, -0.1) is 11.3 Å². The average molecular weight is 647 g/mol. The molecule has 5 rings (SSSR count). The number of nitrogens with one attached hydrogen (secondary N) is 1. The summed E-state index contributed by atoms with van der Waals surface area (Å²) in [5, 5.41) is 5.25. The molecule has 0 saturated carbocycles. The van der Waals surface area contributed by atoms with E-state index >= 15 is 4.39 Å². The summed E-state index contributed by atoms with van der Waals surface area (Å²) in [4.78, 5) is 5.91. The zero-order chi connectivity index (χ0) is 30.4. The number of sulfonamides is 1. The van der Waals surface area contributed by atoms with E-state index in [1.807, 2.05) is 30.3 Å². The first-order valence-electron chi connectivity index (χ1n) is 13.5. The molecule has 0 aliphatic carbocycles. The third-order valence-electron chi connectivity index (χ3n) is 7.11. The van der Waals surface area contributed by atoms with Crippen molar-refractivity contribution in [2.75, 3.05) is 56.7 Å². The molecule has 0 spiro atoms. The smallest absolute Gasteiger partial charge is 0.269 e. The van der Waals surface area contributed by atoms with Crippen molar-refractivity contribution in [1.29, 1.82) is 0 Å². The number of aromatic nitrogens is 1. The molecule has 13 heteroatoms. The molecular weight excluding hydrogens is 615 g/mol. The highest BCUT2D eigenvalue weighted by Crippen LogP contribution is 2.36. The summed E-state index contributed by atoms with van der Waals surface area (Å²) in [6, 6.07) is 16.9. The fourth-order valence-corrected chi connectivity index (χ4v) is 7.46. The van der Waals surface area contributed by atoms with Gasteiger partial charge < -0.3 is 19.5 Å². The number of hydrogen-bond acceptors (Lipinski definition) is 9. The van der Waals surface area contributed by atoms with Crippen LogP contribution in [0.2, 0.25) is 5.02 Å². The van der Waals surface area contributed by atoms with Crippen molar-refractivity contribution >= 4 is 43.8 Å². The van der Waals surface area contributed by atoms with Crippen molar-refractivity contribution in [3.63, 3.8) is 0 Å². The highest BCUT2D eigenvalue weighted by atomic mass is 35.5. The Labute approximate surface area is 259 Å². The summed E-state index contributed by atoms with van der Waals surface area (Å²) in [6.45, 7) is 3.30. The Morgan fingerprint density at radius 2 is 1.88 bits per heavy atom. The Morgan fingerprint density at radius 3 is 2.56 bits per heavy atom. The summed E-state index contributed by atoms with van der Waals surface area (Å²) in [5.74, 6) is 0.0299. The van der Waals surface area contributed by atoms with Crippen molar-refractivity contribution in [3.05, 3.63) is 94.2 Å². The van der Waals surface area contributed by atoms with Crippen molar-refractivity contribution in [2.24, 2.45) is 0 Å². The molecule has 3 aromatic carbocycles. The molecule has 0 bridgehead atoms. The van der Waals surface area contributed by atoms with Crippen LogP contribution in [0, 0.1) is 5.82 Å². The molecule has 9 nitrogen and oxygen atoms in total. The van der Waals surface area contributed by atoms with Crippen LogP contribution in [0.3, 0.4) is 0 Å². The Hall–Kier alpha value is -3.42. The van der Waals surface area contributed by atoms with E-state index < -0.39 is 20.7 Å². The van der Waals surface area contributed by atoms with Crippen LogP contribution >= 0.6 is 22.9 Å². The van der Waals surface area contributed by atoms with Gasteiger partial charge in [-0.2, -0.15) is 0 Å². The fourth-order valence-electron chi connectivity index (χ4n) is 4.84. The maximum Gasteiger partial charge on any atom is 0.269 e. The first kappa shape index (κ1) is 31.0. The van der Waals surface area contributed by atoms with Gasteiger partial charge in [-0.3, -0.25) is 4.90 Å². The molecule has 1 N–H and O–H groups in total. The van der Waals surface area contributed by atoms with E-state index in [4.69, 9.17) is 25.8 Å². The van der Waals surface area contributed by atoms with Crippen LogP contribution in [0.5, 0.6) is 11.5 Å². The van der Waals surface area contributed by atoms with Gasteiger partial charge in [0.05, 0.1) is 50.7 Å². The number of hydrogen-bond donors (Lipinski definition) is 1. The predicted octanol–water partition coefficient (Wildman–Crippen LogP) is 5.83. The fraction of sp³-hybridized carbons (Fsp3) is 0.300. The minimum absolute atomic E-state index is 0.0731. The first-order valence-corrected chi connectivity index (χ1v) is 16.2. The van der Waals surface area contributed by atoms with Gasteiger partial charge in [-0.1, -0.05) is 41.9 Å². The number of thiazole rings is 1. The Kier molecular flexibility index (Phi) is 10.0. The number of nitrogens with zero attached hydrogens (tertiary/aromatic N) is 3. The van der Waals surface area contributed by atoms with Crippen LogP contribution in [0.1, 0.15) is 17.2 Å². The van der Waals surface area contributed by atoms with Gasteiger partial charge in [0.1, 0.15) is 22.2 Å². The van der Waals surface area contributed by atoms with E-state index in [2.05, 4.69) is 15.2 Å². The summed E-state index contributed by atoms with van der Waals surface area (Å²) in [7, 11) is -1.45. The van der Waals surface area contributed by atoms with Crippen LogP contribution in [0.4, 0.5) is 15.2 Å². The molecule has 1 aliphatic heterocycles. The molecule has 43 heavy (non-hydrogen) atoms. The molecular formula is C30H32ClFN4O5S2. The molecule has 1 atom stereocenters. The van der Waals surface area contributed by atoms with Crippen molar-refractivity contribution in [2.45, 2.75) is 17.5 Å². The number of anilines is 2. The van der Waals surface area contributed by atoms with Gasteiger partial charge in [0.2, 0.25) is 0 Å². The van der Waals surface area contributed by atoms with Crippen molar-refractivity contribution < 1.29 is 27.0 Å². The Bertz CT molecular complexity index is 1620. The molecule has 228 valence electrons. The number of benzene rings is 3. The molecule has 2 heterocycles. The second-order valence-electron chi connectivity index (χ2n) is 9.79. The van der Waals surface area contributed by atoms with E-state index in [9.17, 15) is 8.42 Å². The minimum atomic E-state index is -4.45. The number of rotatable bonds is 12. The standard InChI is InChI=1S/C30H32ClFN4O5S2/c1-39-23-9-8-22(28(16-23)40-2)19-36(30-33-10-15-42-30)43(37,38)29-17-24(31)26(18-25(29)32)34-27(21-6-4-3-5-7-21)20-35-11-13-41-14-12-35/h3-10,15-18,27,34H,11-14,19-20H2,1-2H3/t27-/m1/s1. The predicted molar refractivity (Wildman–Crippen MR) is 167 cm³/mol. The lowest BCUT2D eigenvalue weighted by Gasteiger charge is -2.32. The maximum atomic E-state index is 15.8. The van der Waals surface area contributed by atoms with E-state index in [1.54, 1.807) is 23.6 Å². The largest absolute Gasteiger partial charge is 0.497 e. The van der Waals surface area contributed by atoms with Gasteiger partial charge in [-0.05, 0) is 29.8 Å². The van der Waals surface area contributed by atoms with Crippen LogP contribution in [-0.4, -0.2) is 65.4 Å². The van der Waals surface area contributed by atoms with Gasteiger partial charge in [0, 0.05) is 42.8 Å². The zero-order valence-electron chi connectivity index (χ0n) is 23.7. The summed E-state index contributed by atoms with van der Waals surface area (Å²) >= 11 is 7.78. The quantitative estimate of drug-likeness (QED) is 0.205. The molecule has 0 radical (unpaired) electrons. The second-order valence-corrected chi connectivity index (χ2v) is 12.9. The van der Waals surface area contributed by atoms with Crippen LogP contribution in [0.15, 0.2) is 77.1 Å². The highest BCUT2D eigenvalue weighted by molar-refractivity contribution is 7.93. The summed E-state index contributed by atoms with van der Waals surface area (Å²) < 4.78 is 61.2. The van der Waals surface area contributed by atoms with Gasteiger partial charge in [0.25, 0.3) is 10.0 Å². The topological polar surface area (TPSA) is 93.2 Å². The number of ether oxygens (including phenoxy) is 3. The first-order chi connectivity index (χ1) is 20.8. The van der Waals surface area contributed by atoms with Crippen LogP contribution < -0.4 is 19.1 Å². The normalized spacial score (nSPS) is 14.7. The van der Waals surface area contributed by atoms with Crippen molar-refractivity contribution in [1.82, 2.24) is 9.88 Å². The van der Waals surface area contributed by atoms with Crippen molar-refractivity contribution in [3.8, 4) is 11.5 Å². The molecule has 1 fully saturated rings. The van der Waals surface area contributed by atoms with E-state index in [-0.39, 0.29) is 28.4 Å². The van der Waals surface area contributed by atoms with Gasteiger partial charge in [0.15, 0.2) is 5.13 Å². The molecule has 1 saturated heterocycles. The van der Waals surface area contributed by atoms with Gasteiger partial charge >= 0.3 is 0 Å². The molecule has 4 aromatic rings. The number of halogens is 2. The lowest BCUT2D eigenvalue weighted by molar-refractivity contribution is 0.0361. The van der Waals surface area contributed by atoms with E-state index in [1.165, 1.54) is 20.4 Å². The second kappa shape index (κ2) is 13.9.